The maximum absolute atomic E-state index is 14.1. The quantitative estimate of drug-likeness (QED) is 0.344. The van der Waals surface area contributed by atoms with Gasteiger partial charge in [0, 0.05) is 31.0 Å². The van der Waals surface area contributed by atoms with E-state index in [0.29, 0.717) is 16.3 Å². The number of anilines is 3. The van der Waals surface area contributed by atoms with Gasteiger partial charge < -0.3 is 25.6 Å². The normalized spacial score (nSPS) is 15.4. The van der Waals surface area contributed by atoms with Crippen molar-refractivity contribution in [2.75, 3.05) is 41.7 Å². The summed E-state index contributed by atoms with van der Waals surface area (Å²) in [6.45, 7) is 3.65. The van der Waals surface area contributed by atoms with Gasteiger partial charge in [0.25, 0.3) is 11.8 Å². The number of nitrogens with one attached hydrogen (secondary N) is 3. The number of carbonyl (C=O) groups excluding carboxylic acids is 2. The minimum absolute atomic E-state index is 0. The Kier molecular flexibility index (Phi) is 9.61. The Balaban J connectivity index is 0.00000353. The van der Waals surface area contributed by atoms with Crippen LogP contribution in [0.1, 0.15) is 46.4 Å². The molecule has 0 atom stereocenters. The van der Waals surface area contributed by atoms with Crippen molar-refractivity contribution in [2.24, 2.45) is 0 Å². The number of nitrogens with zero attached hydrogens (tertiary/aromatic N) is 2. The lowest BCUT2D eigenvalue weighted by Gasteiger charge is -2.26. The zero-order chi connectivity index (χ0) is 26.5. The number of benzene rings is 2. The summed E-state index contributed by atoms with van der Waals surface area (Å²) >= 11 is 5.86. The molecule has 2 aliphatic heterocycles. The summed E-state index contributed by atoms with van der Waals surface area (Å²) in [6, 6.07) is 12.3. The molecule has 0 aliphatic carbocycles. The molecular formula is C28H30Cl2FN5O3. The number of hydrogen-bond donors (Lipinski definition) is 3. The number of halogens is 3. The number of piperidine rings is 1. The Hall–Kier alpha value is -3.40. The molecule has 39 heavy (non-hydrogen) atoms. The standard InChI is InChI=1S/C28H29ClFN5O3.ClH/c29-18-3-8-26(32-17-18)34-28(37)23-15-19(30)4-7-24(23)33-27(36)22-6-5-20(35-13-1-2-14-35)16-25(22)38-21-9-11-31-12-10-21;/h3-8,15-17,21,31H,1-2,9-14H2,(H,33,36)(H,32,34,37);1H. The average Bonchev–Trinajstić information content (AvgIpc) is 3.47. The van der Waals surface area contributed by atoms with Gasteiger partial charge in [0.2, 0.25) is 0 Å². The number of amides is 2. The highest BCUT2D eigenvalue weighted by Gasteiger charge is 2.23. The van der Waals surface area contributed by atoms with Crippen LogP contribution in [0.3, 0.4) is 0 Å². The summed E-state index contributed by atoms with van der Waals surface area (Å²) in [7, 11) is 0. The van der Waals surface area contributed by atoms with E-state index >= 15 is 0 Å². The van der Waals surface area contributed by atoms with Crippen LogP contribution in [0.4, 0.5) is 21.6 Å². The Labute approximate surface area is 237 Å². The third kappa shape index (κ3) is 7.17. The predicted octanol–water partition coefficient (Wildman–Crippen LogP) is 5.53. The molecule has 2 aliphatic rings. The van der Waals surface area contributed by atoms with Gasteiger partial charge in [-0.1, -0.05) is 11.6 Å². The van der Waals surface area contributed by atoms with Crippen LogP contribution in [0.5, 0.6) is 5.75 Å². The van der Waals surface area contributed by atoms with E-state index in [0.717, 1.165) is 63.6 Å². The lowest BCUT2D eigenvalue weighted by atomic mass is 10.1. The Morgan fingerprint density at radius 3 is 2.44 bits per heavy atom. The number of aromatic nitrogens is 1. The Morgan fingerprint density at radius 1 is 0.974 bits per heavy atom. The van der Waals surface area contributed by atoms with E-state index < -0.39 is 17.6 Å². The van der Waals surface area contributed by atoms with Gasteiger partial charge in [-0.2, -0.15) is 0 Å². The molecule has 11 heteroatoms. The molecule has 3 N–H and O–H groups in total. The van der Waals surface area contributed by atoms with E-state index in [1.165, 1.54) is 24.4 Å². The van der Waals surface area contributed by atoms with Crippen LogP contribution in [0.25, 0.3) is 0 Å². The van der Waals surface area contributed by atoms with E-state index in [-0.39, 0.29) is 35.6 Å². The van der Waals surface area contributed by atoms with Crippen molar-refractivity contribution in [1.29, 1.82) is 0 Å². The number of ether oxygens (including phenoxy) is 1. The van der Waals surface area contributed by atoms with Gasteiger partial charge >= 0.3 is 0 Å². The molecule has 2 saturated heterocycles. The summed E-state index contributed by atoms with van der Waals surface area (Å²) < 4.78 is 20.5. The van der Waals surface area contributed by atoms with Crippen LogP contribution in [0, 0.1) is 5.82 Å². The highest BCUT2D eigenvalue weighted by Crippen LogP contribution is 2.31. The second-order valence-corrected chi connectivity index (χ2v) is 9.84. The van der Waals surface area contributed by atoms with Crippen LogP contribution < -0.4 is 25.6 Å². The van der Waals surface area contributed by atoms with Gasteiger partial charge in [0.05, 0.1) is 21.8 Å². The zero-order valence-corrected chi connectivity index (χ0v) is 22.8. The maximum Gasteiger partial charge on any atom is 0.259 e. The highest BCUT2D eigenvalue weighted by atomic mass is 35.5. The first-order chi connectivity index (χ1) is 18.5. The molecule has 1 aromatic heterocycles. The van der Waals surface area contributed by atoms with Crippen LogP contribution in [-0.2, 0) is 0 Å². The van der Waals surface area contributed by atoms with Gasteiger partial charge in [-0.3, -0.25) is 9.59 Å². The molecule has 3 heterocycles. The first-order valence-electron chi connectivity index (χ1n) is 12.8. The lowest BCUT2D eigenvalue weighted by molar-refractivity contribution is 0.101. The molecule has 0 saturated carbocycles. The van der Waals surface area contributed by atoms with Crippen LogP contribution in [0.15, 0.2) is 54.7 Å². The predicted molar refractivity (Wildman–Crippen MR) is 153 cm³/mol. The average molecular weight is 574 g/mol. The summed E-state index contributed by atoms with van der Waals surface area (Å²) in [5.74, 6) is -0.937. The van der Waals surface area contributed by atoms with Crippen molar-refractivity contribution in [3.05, 3.63) is 76.7 Å². The molecule has 0 radical (unpaired) electrons. The van der Waals surface area contributed by atoms with Crippen molar-refractivity contribution in [3.63, 3.8) is 0 Å². The molecule has 0 bridgehead atoms. The van der Waals surface area contributed by atoms with Crippen molar-refractivity contribution in [2.45, 2.75) is 31.8 Å². The van der Waals surface area contributed by atoms with Gasteiger partial charge in [-0.25, -0.2) is 9.37 Å². The van der Waals surface area contributed by atoms with Crippen molar-refractivity contribution >= 4 is 53.0 Å². The van der Waals surface area contributed by atoms with Gasteiger partial charge in [0.1, 0.15) is 23.5 Å². The minimum atomic E-state index is -0.620. The molecule has 206 valence electrons. The van der Waals surface area contributed by atoms with Gasteiger partial charge in [-0.15, -0.1) is 12.4 Å². The van der Waals surface area contributed by atoms with Crippen molar-refractivity contribution < 1.29 is 18.7 Å². The summed E-state index contributed by atoms with van der Waals surface area (Å²) in [4.78, 5) is 32.8. The molecule has 2 fully saturated rings. The van der Waals surface area contributed by atoms with Gasteiger partial charge in [0.15, 0.2) is 0 Å². The molecule has 8 nitrogen and oxygen atoms in total. The van der Waals surface area contributed by atoms with Crippen LogP contribution in [-0.4, -0.2) is 49.1 Å². The molecule has 2 amide bonds. The Bertz CT molecular complexity index is 1310. The molecule has 2 aromatic carbocycles. The molecule has 0 unspecified atom stereocenters. The number of rotatable bonds is 7. The van der Waals surface area contributed by atoms with E-state index in [4.69, 9.17) is 16.3 Å². The fraction of sp³-hybridized carbons (Fsp3) is 0.321. The van der Waals surface area contributed by atoms with E-state index in [1.807, 2.05) is 12.1 Å². The summed E-state index contributed by atoms with van der Waals surface area (Å²) in [6.07, 6.45) is 5.34. The molecule has 3 aromatic rings. The van der Waals surface area contributed by atoms with Gasteiger partial charge in [-0.05, 0) is 81.2 Å². The minimum Gasteiger partial charge on any atom is -0.489 e. The molecule has 0 spiro atoms. The molecule has 5 rings (SSSR count). The SMILES string of the molecule is Cl.O=C(Nc1ccc(Cl)cn1)c1cc(F)ccc1NC(=O)c1ccc(N2CCCC2)cc1OC1CCNCC1. The second kappa shape index (κ2) is 13.1. The van der Waals surface area contributed by atoms with Crippen molar-refractivity contribution in [1.82, 2.24) is 10.3 Å². The fourth-order valence-electron chi connectivity index (χ4n) is 4.70. The number of carbonyl (C=O) groups is 2. The van der Waals surface area contributed by atoms with E-state index in [9.17, 15) is 14.0 Å². The lowest BCUT2D eigenvalue weighted by Crippen LogP contribution is -2.34. The monoisotopic (exact) mass is 573 g/mol. The smallest absolute Gasteiger partial charge is 0.259 e. The first kappa shape index (κ1) is 28.6. The fourth-order valence-corrected chi connectivity index (χ4v) is 4.81. The number of pyridine rings is 1. The molecular weight excluding hydrogens is 544 g/mol. The first-order valence-corrected chi connectivity index (χ1v) is 13.1. The second-order valence-electron chi connectivity index (χ2n) is 9.40. The maximum atomic E-state index is 14.1. The zero-order valence-electron chi connectivity index (χ0n) is 21.2. The topological polar surface area (TPSA) is 95.6 Å². The van der Waals surface area contributed by atoms with Crippen LogP contribution >= 0.6 is 24.0 Å². The Morgan fingerprint density at radius 2 is 1.72 bits per heavy atom. The highest BCUT2D eigenvalue weighted by molar-refractivity contribution is 6.30. The summed E-state index contributed by atoms with van der Waals surface area (Å²) in [5, 5.41) is 9.13. The third-order valence-electron chi connectivity index (χ3n) is 6.70. The van der Waals surface area contributed by atoms with E-state index in [1.54, 1.807) is 12.1 Å². The third-order valence-corrected chi connectivity index (χ3v) is 6.93. The summed E-state index contributed by atoms with van der Waals surface area (Å²) in [5.41, 5.74) is 1.49. The van der Waals surface area contributed by atoms with Crippen LogP contribution in [0.2, 0.25) is 5.02 Å². The largest absolute Gasteiger partial charge is 0.489 e. The van der Waals surface area contributed by atoms with E-state index in [2.05, 4.69) is 25.8 Å². The van der Waals surface area contributed by atoms with Crippen molar-refractivity contribution in [3.8, 4) is 5.75 Å². The number of hydrogen-bond acceptors (Lipinski definition) is 6.